The third kappa shape index (κ3) is 3.75. The zero-order valence-corrected chi connectivity index (χ0v) is 9.49. The van der Waals surface area contributed by atoms with Gasteiger partial charge in [-0.3, -0.25) is 4.55 Å². The van der Waals surface area contributed by atoms with Crippen molar-refractivity contribution in [2.24, 2.45) is 0 Å². The summed E-state index contributed by atoms with van der Waals surface area (Å²) in [5, 5.41) is 0. The Morgan fingerprint density at radius 3 is 2.25 bits per heavy atom. The molecule has 0 spiro atoms. The first-order valence-electron chi connectivity index (χ1n) is 3.92. The third-order valence-corrected chi connectivity index (χ3v) is 3.40. The molecule has 1 rings (SSSR count). The van der Waals surface area contributed by atoms with Gasteiger partial charge in [-0.1, -0.05) is 0 Å². The summed E-state index contributed by atoms with van der Waals surface area (Å²) < 4.78 is 43.3. The van der Waals surface area contributed by atoms with Gasteiger partial charge in [-0.2, -0.15) is 23.1 Å². The highest BCUT2D eigenvalue weighted by Gasteiger charge is 2.33. The fourth-order valence-corrected chi connectivity index (χ4v) is 2.68. The van der Waals surface area contributed by atoms with Gasteiger partial charge in [0, 0.05) is 5.56 Å². The second-order valence-electron chi connectivity index (χ2n) is 3.08. The highest BCUT2D eigenvalue weighted by molar-refractivity contribution is 7.86. The second kappa shape index (κ2) is 4.33. The van der Waals surface area contributed by atoms with E-state index in [9.17, 15) is 12.8 Å². The summed E-state index contributed by atoms with van der Waals surface area (Å²) in [6.07, 6.45) is -0.847. The maximum atomic E-state index is 12.8. The van der Waals surface area contributed by atoms with Crippen molar-refractivity contribution >= 4 is 18.1 Å². The first-order valence-corrected chi connectivity index (χ1v) is 7.19. The van der Waals surface area contributed by atoms with E-state index in [0.717, 1.165) is 12.1 Å². The van der Waals surface area contributed by atoms with Crippen molar-refractivity contribution in [1.82, 2.24) is 0 Å². The summed E-state index contributed by atoms with van der Waals surface area (Å²) in [5.41, 5.74) is -0.400. The molecule has 0 aliphatic heterocycles. The van der Waals surface area contributed by atoms with Crippen LogP contribution in [0, 0.1) is 5.82 Å². The van der Waals surface area contributed by atoms with Crippen LogP contribution in [0.2, 0.25) is 0 Å². The van der Waals surface area contributed by atoms with Crippen LogP contribution in [0.15, 0.2) is 23.1 Å². The molecule has 16 heavy (non-hydrogen) atoms. The van der Waals surface area contributed by atoms with Crippen LogP contribution < -0.4 is 0 Å². The lowest BCUT2D eigenvalue weighted by Gasteiger charge is -2.07. The van der Waals surface area contributed by atoms with Crippen molar-refractivity contribution < 1.29 is 32.0 Å². The van der Waals surface area contributed by atoms with E-state index in [0.29, 0.717) is 6.07 Å². The van der Waals surface area contributed by atoms with Crippen LogP contribution >= 0.6 is 7.94 Å². The lowest BCUT2D eigenvalue weighted by atomic mass is 10.2. The molecule has 0 aliphatic rings. The molecule has 90 valence electrons. The Morgan fingerprint density at radius 1 is 1.25 bits per heavy atom. The standard InChI is InChI=1S/C7H8FO6PS/c8-6-1-2-7(16(12,13)14)5(3-6)4-15(9,10)11/h1-3,9-11H,4H2/p+1. The van der Waals surface area contributed by atoms with E-state index in [1.807, 2.05) is 0 Å². The Hall–Kier alpha value is -0.630. The van der Waals surface area contributed by atoms with E-state index in [1.54, 1.807) is 0 Å². The maximum absolute atomic E-state index is 12.8. The molecule has 0 radical (unpaired) electrons. The van der Waals surface area contributed by atoms with Crippen molar-refractivity contribution in [3.8, 4) is 0 Å². The minimum absolute atomic E-state index is 0.400. The molecule has 0 bridgehead atoms. The first kappa shape index (κ1) is 13.4. The third-order valence-electron chi connectivity index (χ3n) is 1.68. The van der Waals surface area contributed by atoms with Gasteiger partial charge in [0.2, 0.25) is 0 Å². The lowest BCUT2D eigenvalue weighted by Crippen LogP contribution is -2.05. The molecule has 0 aromatic heterocycles. The van der Waals surface area contributed by atoms with E-state index in [-0.39, 0.29) is 0 Å². The van der Waals surface area contributed by atoms with Crippen LogP contribution in [0.1, 0.15) is 5.56 Å². The molecular weight excluding hydrogens is 262 g/mol. The molecule has 0 atom stereocenters. The van der Waals surface area contributed by atoms with Crippen molar-refractivity contribution in [2.75, 3.05) is 0 Å². The van der Waals surface area contributed by atoms with E-state index in [4.69, 9.17) is 19.2 Å². The van der Waals surface area contributed by atoms with Gasteiger partial charge in [0.05, 0.1) is 0 Å². The molecule has 4 N–H and O–H groups in total. The molecule has 0 heterocycles. The Balaban J connectivity index is 3.30. The highest BCUT2D eigenvalue weighted by atomic mass is 32.2. The smallest absolute Gasteiger partial charge is 0.282 e. The molecular formula is C7H9FO6PS+. The molecule has 0 unspecified atom stereocenters. The van der Waals surface area contributed by atoms with Gasteiger partial charge >= 0.3 is 7.94 Å². The zero-order chi connectivity index (χ0) is 12.6. The first-order chi connectivity index (χ1) is 7.09. The van der Waals surface area contributed by atoms with Gasteiger partial charge in [-0.15, -0.1) is 0 Å². The minimum Gasteiger partial charge on any atom is -0.282 e. The summed E-state index contributed by atoms with van der Waals surface area (Å²) in [6, 6.07) is 2.26. The van der Waals surface area contributed by atoms with Crippen molar-refractivity contribution in [3.05, 3.63) is 29.6 Å². The molecule has 1 aromatic rings. The van der Waals surface area contributed by atoms with E-state index >= 15 is 0 Å². The van der Waals surface area contributed by atoms with Crippen LogP contribution in [0.3, 0.4) is 0 Å². The topological polar surface area (TPSA) is 115 Å². The molecule has 0 fully saturated rings. The van der Waals surface area contributed by atoms with E-state index in [2.05, 4.69) is 0 Å². The van der Waals surface area contributed by atoms with Gasteiger partial charge < -0.3 is 0 Å². The number of hydrogen-bond acceptors (Lipinski definition) is 5. The second-order valence-corrected chi connectivity index (χ2v) is 6.17. The van der Waals surface area contributed by atoms with Gasteiger partial charge in [-0.25, -0.2) is 4.39 Å². The van der Waals surface area contributed by atoms with Crippen LogP contribution in [0.5, 0.6) is 0 Å². The Bertz CT molecular complexity index is 494. The fourth-order valence-electron chi connectivity index (χ4n) is 1.15. The Labute approximate surface area is 91.3 Å². The molecule has 0 aliphatic carbocycles. The summed E-state index contributed by atoms with van der Waals surface area (Å²) in [5.74, 6) is -0.823. The molecule has 0 saturated heterocycles. The quantitative estimate of drug-likeness (QED) is 0.464. The molecule has 0 amide bonds. The minimum atomic E-state index is -4.60. The van der Waals surface area contributed by atoms with Crippen LogP contribution in [0.25, 0.3) is 0 Å². The highest BCUT2D eigenvalue weighted by Crippen LogP contribution is 2.49. The van der Waals surface area contributed by atoms with E-state index in [1.165, 1.54) is 0 Å². The van der Waals surface area contributed by atoms with Gasteiger partial charge in [0.1, 0.15) is 10.7 Å². The van der Waals surface area contributed by atoms with Gasteiger partial charge in [-0.05, 0) is 18.2 Å². The summed E-state index contributed by atoms with van der Waals surface area (Å²) >= 11 is 0. The monoisotopic (exact) mass is 271 g/mol. The SMILES string of the molecule is O=S(=O)(O)c1ccc(F)cc1C[P+](O)(O)O. The average molecular weight is 271 g/mol. The van der Waals surface area contributed by atoms with Crippen LogP contribution in [-0.2, 0) is 16.3 Å². The lowest BCUT2D eigenvalue weighted by molar-refractivity contribution is 0.328. The van der Waals surface area contributed by atoms with Crippen molar-refractivity contribution in [2.45, 2.75) is 11.1 Å². The molecule has 6 nitrogen and oxygen atoms in total. The van der Waals surface area contributed by atoms with E-state index < -0.39 is 40.5 Å². The van der Waals surface area contributed by atoms with Gasteiger partial charge in [0.15, 0.2) is 6.16 Å². The predicted octanol–water partition coefficient (Wildman–Crippen LogP) is 0.312. The molecule has 1 aromatic carbocycles. The summed E-state index contributed by atoms with van der Waals surface area (Å²) in [7, 11) is -8.90. The maximum Gasteiger partial charge on any atom is 0.408 e. The largest absolute Gasteiger partial charge is 0.408 e. The zero-order valence-electron chi connectivity index (χ0n) is 7.78. The Kier molecular flexibility index (Phi) is 3.63. The number of halogens is 1. The summed E-state index contributed by atoms with van der Waals surface area (Å²) in [6.45, 7) is 0. The fraction of sp³-hybridized carbons (Fsp3) is 0.143. The van der Waals surface area contributed by atoms with Crippen molar-refractivity contribution in [3.63, 3.8) is 0 Å². The summed E-state index contributed by atoms with van der Waals surface area (Å²) in [4.78, 5) is 25.7. The predicted molar refractivity (Wildman–Crippen MR) is 53.5 cm³/mol. The van der Waals surface area contributed by atoms with Crippen LogP contribution in [0.4, 0.5) is 4.39 Å². The number of benzene rings is 1. The molecule has 9 heteroatoms. The molecule has 0 saturated carbocycles. The average Bonchev–Trinajstić information content (AvgIpc) is 1.97. The normalized spacial score (nSPS) is 12.8. The van der Waals surface area contributed by atoms with Crippen molar-refractivity contribution in [1.29, 1.82) is 0 Å². The van der Waals surface area contributed by atoms with Crippen LogP contribution in [-0.4, -0.2) is 27.7 Å². The number of hydrogen-bond donors (Lipinski definition) is 4. The Morgan fingerprint density at radius 2 is 1.81 bits per heavy atom. The van der Waals surface area contributed by atoms with Gasteiger partial charge in [0.25, 0.3) is 10.1 Å². The number of rotatable bonds is 3.